The molecule has 2 aromatic rings. The quantitative estimate of drug-likeness (QED) is 0.780. The van der Waals surface area contributed by atoms with Gasteiger partial charge in [-0.1, -0.05) is 49.7 Å². The predicted molar refractivity (Wildman–Crippen MR) is 98.9 cm³/mol. The van der Waals surface area contributed by atoms with Gasteiger partial charge in [0.2, 0.25) is 0 Å². The number of nitrogens with zero attached hydrogens (tertiary/aromatic N) is 1. The Labute approximate surface area is 144 Å². The lowest BCUT2D eigenvalue weighted by Crippen LogP contribution is -2.34. The monoisotopic (exact) mass is 332 g/mol. The molecule has 1 amide bonds. The van der Waals surface area contributed by atoms with Crippen LogP contribution in [0.1, 0.15) is 48.7 Å². The highest BCUT2D eigenvalue weighted by atomic mass is 35.5. The number of amides is 1. The van der Waals surface area contributed by atoms with Crippen LogP contribution in [0.25, 0.3) is 0 Å². The van der Waals surface area contributed by atoms with Crippen LogP contribution < -0.4 is 5.73 Å². The van der Waals surface area contributed by atoms with Crippen LogP contribution in [0, 0.1) is 0 Å². The molecule has 0 saturated carbocycles. The first-order valence-electron chi connectivity index (χ1n) is 7.85. The Hall–Kier alpha value is -2.00. The summed E-state index contributed by atoms with van der Waals surface area (Å²) in [6.45, 7) is 4.96. The van der Waals surface area contributed by atoms with Crippen molar-refractivity contribution in [3.05, 3.63) is 65.7 Å². The lowest BCUT2D eigenvalue weighted by Gasteiger charge is -2.30. The number of nitrogen functional groups attached to an aromatic ring is 1. The minimum absolute atomic E-state index is 0. The van der Waals surface area contributed by atoms with Gasteiger partial charge in [-0.15, -0.1) is 12.4 Å². The van der Waals surface area contributed by atoms with Gasteiger partial charge in [-0.3, -0.25) is 4.79 Å². The summed E-state index contributed by atoms with van der Waals surface area (Å²) in [5, 5.41) is 0. The Bertz CT molecular complexity index is 616. The number of halogens is 1. The van der Waals surface area contributed by atoms with E-state index in [1.165, 1.54) is 0 Å². The van der Waals surface area contributed by atoms with E-state index < -0.39 is 0 Å². The maximum Gasteiger partial charge on any atom is 0.254 e. The van der Waals surface area contributed by atoms with Gasteiger partial charge >= 0.3 is 0 Å². The van der Waals surface area contributed by atoms with Crippen LogP contribution in [0.4, 0.5) is 5.69 Å². The highest BCUT2D eigenvalue weighted by Gasteiger charge is 2.22. The average Bonchev–Trinajstić information content (AvgIpc) is 2.55. The highest BCUT2D eigenvalue weighted by molar-refractivity contribution is 5.95. The molecule has 0 heterocycles. The first-order chi connectivity index (χ1) is 10.6. The molecule has 1 atom stereocenters. The summed E-state index contributed by atoms with van der Waals surface area (Å²) in [6.07, 6.45) is 2.05. The fraction of sp³-hybridized carbons (Fsp3) is 0.316. The van der Waals surface area contributed by atoms with Gasteiger partial charge in [0.05, 0.1) is 6.04 Å². The van der Waals surface area contributed by atoms with E-state index in [0.717, 1.165) is 24.9 Å². The number of benzene rings is 2. The summed E-state index contributed by atoms with van der Waals surface area (Å²) in [6, 6.07) is 17.4. The maximum absolute atomic E-state index is 12.9. The number of hydrogen-bond donors (Lipinski definition) is 1. The lowest BCUT2D eigenvalue weighted by atomic mass is 10.0. The highest BCUT2D eigenvalue weighted by Crippen LogP contribution is 2.23. The van der Waals surface area contributed by atoms with Crippen LogP contribution in [0.15, 0.2) is 54.6 Å². The van der Waals surface area contributed by atoms with Gasteiger partial charge in [0.1, 0.15) is 0 Å². The van der Waals surface area contributed by atoms with Crippen molar-refractivity contribution in [2.45, 2.75) is 32.7 Å². The second-order valence-electron chi connectivity index (χ2n) is 5.56. The third-order valence-corrected chi connectivity index (χ3v) is 3.90. The van der Waals surface area contributed by atoms with E-state index in [2.05, 4.69) is 26.0 Å². The Kier molecular flexibility index (Phi) is 7.63. The Morgan fingerprint density at radius 1 is 1.13 bits per heavy atom. The lowest BCUT2D eigenvalue weighted by molar-refractivity contribution is 0.0688. The Morgan fingerprint density at radius 2 is 1.83 bits per heavy atom. The van der Waals surface area contributed by atoms with Gasteiger partial charge in [-0.2, -0.15) is 0 Å². The van der Waals surface area contributed by atoms with Crippen molar-refractivity contribution in [2.24, 2.45) is 0 Å². The normalized spacial score (nSPS) is 11.4. The molecular weight excluding hydrogens is 308 g/mol. The molecule has 3 nitrogen and oxygen atoms in total. The topological polar surface area (TPSA) is 46.3 Å². The molecule has 23 heavy (non-hydrogen) atoms. The van der Waals surface area contributed by atoms with Gasteiger partial charge in [0.15, 0.2) is 0 Å². The standard InChI is InChI=1S/C19H24N2O.ClH/c1-3-4-13-21(15(2)16-9-6-5-7-10-16)19(22)17-11-8-12-18(20)14-17;/h5-12,14-15H,3-4,13,20H2,1-2H3;1H. The SMILES string of the molecule is CCCCN(C(=O)c1cccc(N)c1)C(C)c1ccccc1.Cl. The van der Waals surface area contributed by atoms with E-state index in [-0.39, 0.29) is 24.4 Å². The zero-order valence-electron chi connectivity index (χ0n) is 13.7. The molecular formula is C19H25ClN2O. The van der Waals surface area contributed by atoms with E-state index in [1.807, 2.05) is 35.2 Å². The molecule has 4 heteroatoms. The predicted octanol–water partition coefficient (Wildman–Crippen LogP) is 4.69. The first-order valence-corrected chi connectivity index (χ1v) is 7.85. The summed E-state index contributed by atoms with van der Waals surface area (Å²) in [7, 11) is 0. The fourth-order valence-corrected chi connectivity index (χ4v) is 2.55. The zero-order valence-corrected chi connectivity index (χ0v) is 14.6. The molecule has 1 unspecified atom stereocenters. The average molecular weight is 333 g/mol. The van der Waals surface area contributed by atoms with Crippen LogP contribution in [0.2, 0.25) is 0 Å². The number of anilines is 1. The molecule has 0 aliphatic heterocycles. The maximum atomic E-state index is 12.9. The van der Waals surface area contributed by atoms with E-state index in [4.69, 9.17) is 5.73 Å². The van der Waals surface area contributed by atoms with Gasteiger partial charge in [0, 0.05) is 17.8 Å². The third-order valence-electron chi connectivity index (χ3n) is 3.90. The molecule has 2 rings (SSSR count). The van der Waals surface area contributed by atoms with Crippen LogP contribution >= 0.6 is 12.4 Å². The van der Waals surface area contributed by atoms with E-state index in [0.29, 0.717) is 11.3 Å². The van der Waals surface area contributed by atoms with Gasteiger partial charge in [-0.25, -0.2) is 0 Å². The number of nitrogens with two attached hydrogens (primary N) is 1. The summed E-state index contributed by atoms with van der Waals surface area (Å²) in [5.74, 6) is 0.0390. The van der Waals surface area contributed by atoms with Crippen molar-refractivity contribution in [3.63, 3.8) is 0 Å². The van der Waals surface area contributed by atoms with E-state index >= 15 is 0 Å². The largest absolute Gasteiger partial charge is 0.399 e. The first kappa shape index (κ1) is 19.0. The van der Waals surface area contributed by atoms with E-state index in [9.17, 15) is 4.79 Å². The minimum Gasteiger partial charge on any atom is -0.399 e. The number of carbonyl (C=O) groups excluding carboxylic acids is 1. The molecule has 0 aromatic heterocycles. The van der Waals surface area contributed by atoms with Crippen molar-refractivity contribution in [2.75, 3.05) is 12.3 Å². The summed E-state index contributed by atoms with van der Waals surface area (Å²) >= 11 is 0. The molecule has 0 spiro atoms. The second-order valence-corrected chi connectivity index (χ2v) is 5.56. The summed E-state index contributed by atoms with van der Waals surface area (Å²) < 4.78 is 0. The van der Waals surface area contributed by atoms with Gasteiger partial charge in [0.25, 0.3) is 5.91 Å². The summed E-state index contributed by atoms with van der Waals surface area (Å²) in [5.41, 5.74) is 8.23. The number of rotatable bonds is 6. The molecule has 0 saturated heterocycles. The van der Waals surface area contributed by atoms with Crippen LogP contribution in [-0.4, -0.2) is 17.4 Å². The van der Waals surface area contributed by atoms with Crippen molar-refractivity contribution in [1.82, 2.24) is 4.90 Å². The molecule has 0 aliphatic rings. The molecule has 0 fully saturated rings. The Balaban J connectivity index is 0.00000264. The number of unbranched alkanes of at least 4 members (excludes halogenated alkanes) is 1. The fourth-order valence-electron chi connectivity index (χ4n) is 2.55. The zero-order chi connectivity index (χ0) is 15.9. The van der Waals surface area contributed by atoms with Crippen LogP contribution in [-0.2, 0) is 0 Å². The molecule has 0 radical (unpaired) electrons. The minimum atomic E-state index is 0. The smallest absolute Gasteiger partial charge is 0.254 e. The number of carbonyl (C=O) groups is 1. The van der Waals surface area contributed by atoms with Crippen LogP contribution in [0.3, 0.4) is 0 Å². The molecule has 0 aliphatic carbocycles. The third kappa shape index (κ3) is 5.00. The van der Waals surface area contributed by atoms with Gasteiger partial charge < -0.3 is 10.6 Å². The van der Waals surface area contributed by atoms with Crippen molar-refractivity contribution < 1.29 is 4.79 Å². The number of hydrogen-bond acceptors (Lipinski definition) is 2. The molecule has 0 bridgehead atoms. The summed E-state index contributed by atoms with van der Waals surface area (Å²) in [4.78, 5) is 14.8. The van der Waals surface area contributed by atoms with Crippen molar-refractivity contribution >= 4 is 24.0 Å². The van der Waals surface area contributed by atoms with Gasteiger partial charge in [-0.05, 0) is 37.1 Å². The van der Waals surface area contributed by atoms with E-state index in [1.54, 1.807) is 12.1 Å². The molecule has 2 N–H and O–H groups in total. The van der Waals surface area contributed by atoms with Crippen molar-refractivity contribution in [3.8, 4) is 0 Å². The molecule has 124 valence electrons. The van der Waals surface area contributed by atoms with Crippen LogP contribution in [0.5, 0.6) is 0 Å². The van der Waals surface area contributed by atoms with Crippen molar-refractivity contribution in [1.29, 1.82) is 0 Å². The Morgan fingerprint density at radius 3 is 2.43 bits per heavy atom. The molecule has 2 aromatic carbocycles. The second kappa shape index (κ2) is 9.21.